The Morgan fingerprint density at radius 1 is 0.375 bits per heavy atom. The molecule has 0 amide bonds. The van der Waals surface area contributed by atoms with Crippen LogP contribution >= 0.6 is 24.8 Å². The Morgan fingerprint density at radius 2 is 0.458 bits per heavy atom. The Balaban J connectivity index is -0.0000000540. The number of hydrogen-bond donors (Lipinski definition) is 0. The maximum absolute atomic E-state index is 2.19. The van der Waals surface area contributed by atoms with Gasteiger partial charge in [0, 0.05) is 0 Å². The van der Waals surface area contributed by atoms with Crippen molar-refractivity contribution < 1.29 is 63.8 Å². The molecule has 0 N–H and O–H groups in total. The van der Waals surface area contributed by atoms with E-state index in [1.807, 2.05) is 0 Å². The van der Waals surface area contributed by atoms with E-state index in [4.69, 9.17) is 0 Å². The van der Waals surface area contributed by atoms with Gasteiger partial charge in [0.2, 0.25) is 0 Å². The predicted molar refractivity (Wildman–Crippen MR) is 95.8 cm³/mol. The van der Waals surface area contributed by atoms with Crippen LogP contribution in [0.3, 0.4) is 0 Å². The minimum atomic E-state index is 0. The van der Waals surface area contributed by atoms with Gasteiger partial charge in [0.1, 0.15) is 0 Å². The van der Waals surface area contributed by atoms with Crippen molar-refractivity contribution in [1.82, 2.24) is 0 Å². The van der Waals surface area contributed by atoms with E-state index in [-0.39, 0.29) is 88.6 Å². The quantitative estimate of drug-likeness (QED) is 0.384. The topological polar surface area (TPSA) is 0 Å². The number of rotatable bonds is 0. The van der Waals surface area contributed by atoms with Crippen LogP contribution in [0.1, 0.15) is 33.4 Å². The minimum absolute atomic E-state index is 0. The molecule has 6 heteroatoms. The normalized spacial score (nSPS) is 7.25. The van der Waals surface area contributed by atoms with Crippen molar-refractivity contribution in [2.75, 3.05) is 0 Å². The number of halogens is 4. The predicted octanol–water partition coefficient (Wildman–Crippen LogP) is 0.0703. The number of benzene rings is 2. The molecule has 2 aromatic carbocycles. The molecule has 0 aromatic heterocycles. The second kappa shape index (κ2) is 20.2. The zero-order chi connectivity index (χ0) is 13.7. The summed E-state index contributed by atoms with van der Waals surface area (Å²) in [7, 11) is 0. The molecule has 2 rings (SSSR count). The Hall–Kier alpha value is 0.847. The van der Waals surface area contributed by atoms with Gasteiger partial charge in [-0.25, -0.2) is 0 Å². The van der Waals surface area contributed by atoms with Gasteiger partial charge in [-0.15, -0.1) is 24.8 Å². The number of hydrogen-bond acceptors (Lipinski definition) is 0. The Bertz CT molecular complexity index is 396. The smallest absolute Gasteiger partial charge is 1.00 e. The van der Waals surface area contributed by atoms with Crippen molar-refractivity contribution in [1.29, 1.82) is 0 Å². The molecule has 2 radical (unpaired) electrons. The van der Waals surface area contributed by atoms with E-state index in [9.17, 15) is 0 Å². The van der Waals surface area contributed by atoms with E-state index in [0.717, 1.165) is 0 Å². The van der Waals surface area contributed by atoms with Crippen molar-refractivity contribution in [2.24, 2.45) is 0 Å². The largest absolute Gasteiger partial charge is 1.00 e. The van der Waals surface area contributed by atoms with Crippen LogP contribution in [0.15, 0.2) is 36.4 Å². The van der Waals surface area contributed by atoms with Gasteiger partial charge in [-0.2, -0.15) is 0 Å². The molecule has 24 heavy (non-hydrogen) atoms. The molecular weight excluding hydrogens is 560 g/mol. The average Bonchev–Trinajstić information content (AvgIpc) is 2.12. The molecule has 0 saturated carbocycles. The maximum Gasteiger partial charge on any atom is 1.00 e. The van der Waals surface area contributed by atoms with Crippen LogP contribution in [0.25, 0.3) is 0 Å². The van der Waals surface area contributed by atoms with Gasteiger partial charge in [0.15, 0.2) is 0 Å². The van der Waals surface area contributed by atoms with E-state index in [1.54, 1.807) is 0 Å². The maximum atomic E-state index is 2.19. The molecule has 0 aliphatic rings. The van der Waals surface area contributed by atoms with E-state index in [1.165, 1.54) is 33.4 Å². The minimum Gasteiger partial charge on any atom is -1.00 e. The second-order valence-corrected chi connectivity index (χ2v) is 5.33. The molecule has 0 heterocycles. The van der Waals surface area contributed by atoms with Gasteiger partial charge in [-0.1, -0.05) is 69.8 Å². The van der Waals surface area contributed by atoms with Gasteiger partial charge in [-0.3, -0.25) is 0 Å². The van der Waals surface area contributed by atoms with Gasteiger partial charge in [-0.05, 0) is 41.5 Å². The van der Waals surface area contributed by atoms with Gasteiger partial charge >= 0.3 is 39.0 Å². The van der Waals surface area contributed by atoms with Crippen molar-refractivity contribution in [3.8, 4) is 0 Å². The second-order valence-electron chi connectivity index (χ2n) is 5.33. The molecule has 0 bridgehead atoms. The first kappa shape index (κ1) is 39.8. The third-order valence-corrected chi connectivity index (χ3v) is 2.73. The van der Waals surface area contributed by atoms with Crippen molar-refractivity contribution >= 4 is 24.8 Å². The molecule has 2 aromatic rings. The molecule has 0 aliphatic carbocycles. The fourth-order valence-corrected chi connectivity index (χ4v) is 2.40. The summed E-state index contributed by atoms with van der Waals surface area (Å²) < 4.78 is 0. The molecule has 142 valence electrons. The van der Waals surface area contributed by atoms with Crippen LogP contribution in [-0.2, 0) is 39.0 Å². The van der Waals surface area contributed by atoms with Gasteiger partial charge < -0.3 is 24.8 Å². The number of aryl methyl sites for hydroxylation is 6. The van der Waals surface area contributed by atoms with E-state index in [0.29, 0.717) is 0 Å². The molecular formula is C18H26Cl4Ru2. The molecule has 0 nitrogen and oxygen atoms in total. The first-order chi connectivity index (χ1) is 8.36. The summed E-state index contributed by atoms with van der Waals surface area (Å²) in [5.74, 6) is 0. The van der Waals surface area contributed by atoms with E-state index < -0.39 is 0 Å². The van der Waals surface area contributed by atoms with E-state index >= 15 is 0 Å². The zero-order valence-corrected chi connectivity index (χ0v) is 21.4. The SMILES string of the molecule is Cc1cc(C)cc(C)c1.Cc1cc(C)cc(C)c1.Cl.Cl.[Cl-].[Cl-].[Ru+].[Ru+]. The van der Waals surface area contributed by atoms with Crippen LogP contribution in [0.2, 0.25) is 0 Å². The first-order valence-corrected chi connectivity index (χ1v) is 6.46. The summed E-state index contributed by atoms with van der Waals surface area (Å²) in [5, 5.41) is 0. The van der Waals surface area contributed by atoms with Crippen molar-refractivity contribution in [3.05, 3.63) is 69.8 Å². The molecule has 0 fully saturated rings. The van der Waals surface area contributed by atoms with Crippen LogP contribution < -0.4 is 24.8 Å². The summed E-state index contributed by atoms with van der Waals surface area (Å²) in [5.41, 5.74) is 8.13. The summed E-state index contributed by atoms with van der Waals surface area (Å²) in [6.45, 7) is 12.8. The third-order valence-electron chi connectivity index (χ3n) is 2.73. The standard InChI is InChI=1S/2C9H12.4ClH.2Ru/c2*1-7-4-8(2)6-9(3)5-7;;;;;;/h2*4-6H,1-3H3;4*1H;;/q;;;;;;2*+1/p-2. The molecule has 0 unspecified atom stereocenters. The fourth-order valence-electron chi connectivity index (χ4n) is 2.40. The average molecular weight is 586 g/mol. The first-order valence-electron chi connectivity index (χ1n) is 6.46. The fraction of sp³-hybridized carbons (Fsp3) is 0.333. The Kier molecular flexibility index (Phi) is 33.4. The van der Waals surface area contributed by atoms with Crippen LogP contribution in [0.5, 0.6) is 0 Å². The summed E-state index contributed by atoms with van der Waals surface area (Å²) >= 11 is 0. The Morgan fingerprint density at radius 3 is 0.542 bits per heavy atom. The zero-order valence-electron chi connectivity index (χ0n) is 14.7. The van der Waals surface area contributed by atoms with Crippen LogP contribution in [-0.4, -0.2) is 0 Å². The van der Waals surface area contributed by atoms with Gasteiger partial charge in [0.05, 0.1) is 0 Å². The van der Waals surface area contributed by atoms with Crippen LogP contribution in [0, 0.1) is 41.5 Å². The molecule has 0 spiro atoms. The summed E-state index contributed by atoms with van der Waals surface area (Å²) in [6.07, 6.45) is 0. The summed E-state index contributed by atoms with van der Waals surface area (Å²) in [6, 6.07) is 13.1. The van der Waals surface area contributed by atoms with Gasteiger partial charge in [0.25, 0.3) is 0 Å². The molecule has 0 aliphatic heterocycles. The third kappa shape index (κ3) is 17.7. The van der Waals surface area contributed by atoms with E-state index in [2.05, 4.69) is 77.9 Å². The van der Waals surface area contributed by atoms with Crippen molar-refractivity contribution in [2.45, 2.75) is 41.5 Å². The molecule has 0 atom stereocenters. The van der Waals surface area contributed by atoms with Crippen LogP contribution in [0.4, 0.5) is 0 Å². The van der Waals surface area contributed by atoms with Crippen molar-refractivity contribution in [3.63, 3.8) is 0 Å². The molecule has 0 saturated heterocycles. The Labute approximate surface area is 198 Å². The monoisotopic (exact) mass is 586 g/mol. The summed E-state index contributed by atoms with van der Waals surface area (Å²) in [4.78, 5) is 0.